The van der Waals surface area contributed by atoms with Crippen molar-refractivity contribution in [3.63, 3.8) is 0 Å². The summed E-state index contributed by atoms with van der Waals surface area (Å²) in [5, 5.41) is 0. The Labute approximate surface area is 155 Å². The molecule has 0 radical (unpaired) electrons. The largest absolute Gasteiger partial charge is 0.494 e. The van der Waals surface area contributed by atoms with E-state index in [1.54, 1.807) is 49.4 Å². The van der Waals surface area contributed by atoms with Crippen molar-refractivity contribution in [2.45, 2.75) is 20.3 Å². The Hall–Kier alpha value is -2.34. The second kappa shape index (κ2) is 9.22. The minimum atomic E-state index is -0.494. The maximum atomic E-state index is 12.2. The summed E-state index contributed by atoms with van der Waals surface area (Å²) in [6.45, 7) is 4.69. The molecular weight excluding hydrogens is 388 g/mol. The van der Waals surface area contributed by atoms with Gasteiger partial charge in [0.2, 0.25) is 0 Å². The van der Waals surface area contributed by atoms with E-state index in [4.69, 9.17) is 14.2 Å². The summed E-state index contributed by atoms with van der Waals surface area (Å²) in [4.78, 5) is 23.9. The highest BCUT2D eigenvalue weighted by molar-refractivity contribution is 9.10. The SMILES string of the molecule is CCCOc1ccc(C(=O)Oc2ccc(C(=O)OCC)cc2Br)cc1. The van der Waals surface area contributed by atoms with E-state index in [1.807, 2.05) is 6.92 Å². The summed E-state index contributed by atoms with van der Waals surface area (Å²) in [5.74, 6) is 0.109. The van der Waals surface area contributed by atoms with E-state index >= 15 is 0 Å². The van der Waals surface area contributed by atoms with Crippen molar-refractivity contribution >= 4 is 27.9 Å². The summed E-state index contributed by atoms with van der Waals surface area (Å²) in [5.41, 5.74) is 0.788. The van der Waals surface area contributed by atoms with Crippen LogP contribution in [0.1, 0.15) is 41.0 Å². The molecule has 0 saturated heterocycles. The summed E-state index contributed by atoms with van der Waals surface area (Å²) in [6.07, 6.45) is 0.916. The molecule has 2 aromatic carbocycles. The molecule has 0 heterocycles. The fraction of sp³-hybridized carbons (Fsp3) is 0.263. The molecule has 0 aliphatic carbocycles. The number of carbonyl (C=O) groups excluding carboxylic acids is 2. The molecular formula is C19H19BrO5. The van der Waals surface area contributed by atoms with Crippen molar-refractivity contribution in [2.75, 3.05) is 13.2 Å². The molecule has 0 fully saturated rings. The number of rotatable bonds is 7. The van der Waals surface area contributed by atoms with E-state index < -0.39 is 11.9 Å². The Balaban J connectivity index is 2.06. The van der Waals surface area contributed by atoms with Crippen LogP contribution in [0.4, 0.5) is 0 Å². The van der Waals surface area contributed by atoms with Gasteiger partial charge in [-0.25, -0.2) is 9.59 Å². The van der Waals surface area contributed by atoms with Crippen LogP contribution >= 0.6 is 15.9 Å². The second-order valence-electron chi connectivity index (χ2n) is 5.13. The topological polar surface area (TPSA) is 61.8 Å². The van der Waals surface area contributed by atoms with E-state index in [1.165, 1.54) is 0 Å². The smallest absolute Gasteiger partial charge is 0.343 e. The summed E-state index contributed by atoms with van der Waals surface area (Å²) in [7, 11) is 0. The highest BCUT2D eigenvalue weighted by atomic mass is 79.9. The Morgan fingerprint density at radius 3 is 2.24 bits per heavy atom. The fourth-order valence-corrected chi connectivity index (χ4v) is 2.45. The van der Waals surface area contributed by atoms with Crippen LogP contribution in [0.15, 0.2) is 46.9 Å². The zero-order valence-electron chi connectivity index (χ0n) is 14.1. The Bertz CT molecular complexity index is 740. The van der Waals surface area contributed by atoms with Gasteiger partial charge in [0.25, 0.3) is 0 Å². The molecule has 132 valence electrons. The van der Waals surface area contributed by atoms with Crippen molar-refractivity contribution in [3.8, 4) is 11.5 Å². The maximum absolute atomic E-state index is 12.2. The van der Waals surface area contributed by atoms with Gasteiger partial charge >= 0.3 is 11.9 Å². The lowest BCUT2D eigenvalue weighted by molar-refractivity contribution is 0.0526. The van der Waals surface area contributed by atoms with Crippen LogP contribution in [0, 0.1) is 0 Å². The first kappa shape index (κ1) is 19.0. The molecule has 0 unspecified atom stereocenters. The molecule has 2 rings (SSSR count). The quantitative estimate of drug-likeness (QED) is 0.495. The maximum Gasteiger partial charge on any atom is 0.343 e. The van der Waals surface area contributed by atoms with Crippen LogP contribution in [0.5, 0.6) is 11.5 Å². The summed E-state index contributed by atoms with van der Waals surface area (Å²) in [6, 6.07) is 11.4. The van der Waals surface area contributed by atoms with Crippen molar-refractivity contribution in [3.05, 3.63) is 58.1 Å². The van der Waals surface area contributed by atoms with Gasteiger partial charge in [0.15, 0.2) is 0 Å². The molecule has 0 saturated carbocycles. The number of hydrogen-bond donors (Lipinski definition) is 0. The molecule has 25 heavy (non-hydrogen) atoms. The first-order valence-corrected chi connectivity index (χ1v) is 8.76. The molecule has 2 aromatic rings. The minimum Gasteiger partial charge on any atom is -0.494 e. The first-order chi connectivity index (χ1) is 12.0. The van der Waals surface area contributed by atoms with E-state index in [2.05, 4.69) is 15.9 Å². The Kier molecular flexibility index (Phi) is 7.01. The molecule has 0 aliphatic rings. The second-order valence-corrected chi connectivity index (χ2v) is 5.98. The minimum absolute atomic E-state index is 0.297. The molecule has 0 spiro atoms. The van der Waals surface area contributed by atoms with Crippen LogP contribution < -0.4 is 9.47 Å². The van der Waals surface area contributed by atoms with Gasteiger partial charge in [-0.05, 0) is 71.7 Å². The van der Waals surface area contributed by atoms with Crippen molar-refractivity contribution in [1.82, 2.24) is 0 Å². The third-order valence-electron chi connectivity index (χ3n) is 3.21. The average Bonchev–Trinajstić information content (AvgIpc) is 2.62. The lowest BCUT2D eigenvalue weighted by atomic mass is 10.2. The summed E-state index contributed by atoms with van der Waals surface area (Å²) < 4.78 is 16.3. The summed E-state index contributed by atoms with van der Waals surface area (Å²) >= 11 is 3.30. The zero-order chi connectivity index (χ0) is 18.2. The van der Waals surface area contributed by atoms with Crippen LogP contribution in [0.3, 0.4) is 0 Å². The van der Waals surface area contributed by atoms with Gasteiger partial charge in [-0.15, -0.1) is 0 Å². The van der Waals surface area contributed by atoms with E-state index in [9.17, 15) is 9.59 Å². The number of ether oxygens (including phenoxy) is 3. The van der Waals surface area contributed by atoms with Crippen LogP contribution in [0.2, 0.25) is 0 Å². The third kappa shape index (κ3) is 5.32. The lowest BCUT2D eigenvalue weighted by Crippen LogP contribution is -2.10. The molecule has 0 N–H and O–H groups in total. The van der Waals surface area contributed by atoms with Crippen LogP contribution in [-0.4, -0.2) is 25.2 Å². The number of esters is 2. The number of halogens is 1. The number of benzene rings is 2. The highest BCUT2D eigenvalue weighted by Gasteiger charge is 2.14. The van der Waals surface area contributed by atoms with Gasteiger partial charge in [-0.3, -0.25) is 0 Å². The zero-order valence-corrected chi connectivity index (χ0v) is 15.7. The molecule has 5 nitrogen and oxygen atoms in total. The number of carbonyl (C=O) groups is 2. The predicted molar refractivity (Wildman–Crippen MR) is 97.3 cm³/mol. The predicted octanol–water partition coefficient (Wildman–Crippen LogP) is 4.63. The van der Waals surface area contributed by atoms with Gasteiger partial charge in [0.05, 0.1) is 28.8 Å². The van der Waals surface area contributed by atoms with E-state index in [0.29, 0.717) is 40.3 Å². The van der Waals surface area contributed by atoms with Gasteiger partial charge in [-0.1, -0.05) is 6.92 Å². The monoisotopic (exact) mass is 406 g/mol. The first-order valence-electron chi connectivity index (χ1n) is 7.96. The van der Waals surface area contributed by atoms with Gasteiger partial charge < -0.3 is 14.2 Å². The molecule has 0 bridgehead atoms. The highest BCUT2D eigenvalue weighted by Crippen LogP contribution is 2.27. The molecule has 0 amide bonds. The van der Waals surface area contributed by atoms with Gasteiger partial charge in [0.1, 0.15) is 11.5 Å². The van der Waals surface area contributed by atoms with Crippen LogP contribution in [-0.2, 0) is 4.74 Å². The lowest BCUT2D eigenvalue weighted by Gasteiger charge is -2.09. The standard InChI is InChI=1S/C19H19BrO5/c1-3-11-24-15-8-5-13(6-9-15)19(22)25-17-10-7-14(12-16(17)20)18(21)23-4-2/h5-10,12H,3-4,11H2,1-2H3. The van der Waals surface area contributed by atoms with Gasteiger partial charge in [0, 0.05) is 0 Å². The van der Waals surface area contributed by atoms with Crippen molar-refractivity contribution < 1.29 is 23.8 Å². The van der Waals surface area contributed by atoms with E-state index in [-0.39, 0.29) is 0 Å². The molecule has 0 aromatic heterocycles. The molecule has 0 aliphatic heterocycles. The van der Waals surface area contributed by atoms with Crippen LogP contribution in [0.25, 0.3) is 0 Å². The average molecular weight is 407 g/mol. The van der Waals surface area contributed by atoms with E-state index in [0.717, 1.165) is 6.42 Å². The Morgan fingerprint density at radius 2 is 1.64 bits per heavy atom. The van der Waals surface area contributed by atoms with Crippen molar-refractivity contribution in [2.24, 2.45) is 0 Å². The van der Waals surface area contributed by atoms with Crippen molar-refractivity contribution in [1.29, 1.82) is 0 Å². The Morgan fingerprint density at radius 1 is 0.960 bits per heavy atom. The van der Waals surface area contributed by atoms with Gasteiger partial charge in [-0.2, -0.15) is 0 Å². The molecule has 0 atom stereocenters. The number of hydrogen-bond acceptors (Lipinski definition) is 5. The molecule has 6 heteroatoms. The normalized spacial score (nSPS) is 10.2. The third-order valence-corrected chi connectivity index (χ3v) is 3.83. The fourth-order valence-electron chi connectivity index (χ4n) is 1.99.